The summed E-state index contributed by atoms with van der Waals surface area (Å²) in [7, 11) is 1.65. The Bertz CT molecular complexity index is 357. The quantitative estimate of drug-likeness (QED) is 0.802. The summed E-state index contributed by atoms with van der Waals surface area (Å²) >= 11 is 0. The zero-order valence-electron chi connectivity index (χ0n) is 10.2. The fourth-order valence-electron chi connectivity index (χ4n) is 2.41. The molecule has 17 heavy (non-hydrogen) atoms. The van der Waals surface area contributed by atoms with Gasteiger partial charge in [0, 0.05) is 13.3 Å². The van der Waals surface area contributed by atoms with E-state index >= 15 is 0 Å². The van der Waals surface area contributed by atoms with Gasteiger partial charge in [-0.15, -0.1) is 0 Å². The summed E-state index contributed by atoms with van der Waals surface area (Å²) in [4.78, 5) is 4.46. The third-order valence-corrected chi connectivity index (χ3v) is 3.22. The molecular weight excluding hydrogens is 216 g/mol. The fourth-order valence-corrected chi connectivity index (χ4v) is 2.41. The van der Waals surface area contributed by atoms with Crippen LogP contribution in [-0.4, -0.2) is 36.5 Å². The summed E-state index contributed by atoms with van der Waals surface area (Å²) in [6.45, 7) is 0.613. The molecule has 0 bridgehead atoms. The van der Waals surface area contributed by atoms with Crippen molar-refractivity contribution in [1.29, 1.82) is 0 Å². The first-order valence-corrected chi connectivity index (χ1v) is 6.14. The number of nitrogens with one attached hydrogen (secondary N) is 1. The lowest BCUT2D eigenvalue weighted by atomic mass is 9.91. The van der Waals surface area contributed by atoms with Crippen LogP contribution in [-0.2, 0) is 11.2 Å². The number of aromatic nitrogens is 1. The Labute approximate surface area is 102 Å². The van der Waals surface area contributed by atoms with Gasteiger partial charge in [-0.05, 0) is 30.9 Å². The van der Waals surface area contributed by atoms with Crippen LogP contribution < -0.4 is 5.32 Å². The van der Waals surface area contributed by atoms with E-state index in [1.165, 1.54) is 12.0 Å². The van der Waals surface area contributed by atoms with Gasteiger partial charge in [-0.3, -0.25) is 4.98 Å². The molecule has 0 fully saturated rings. The fraction of sp³-hybridized carbons (Fsp3) is 0.615. The van der Waals surface area contributed by atoms with E-state index in [1.54, 1.807) is 7.11 Å². The highest BCUT2D eigenvalue weighted by atomic mass is 16.5. The van der Waals surface area contributed by atoms with Gasteiger partial charge in [0.25, 0.3) is 0 Å². The van der Waals surface area contributed by atoms with Crippen molar-refractivity contribution in [2.24, 2.45) is 0 Å². The number of aliphatic hydroxyl groups excluding tert-OH is 1. The highest BCUT2D eigenvalue weighted by Gasteiger charge is 2.23. The van der Waals surface area contributed by atoms with Gasteiger partial charge in [0.2, 0.25) is 0 Å². The van der Waals surface area contributed by atoms with E-state index in [-0.39, 0.29) is 18.7 Å². The minimum Gasteiger partial charge on any atom is -0.395 e. The summed E-state index contributed by atoms with van der Waals surface area (Å²) in [6, 6.07) is 4.35. The van der Waals surface area contributed by atoms with Crippen molar-refractivity contribution in [1.82, 2.24) is 10.3 Å². The van der Waals surface area contributed by atoms with Gasteiger partial charge in [-0.25, -0.2) is 0 Å². The minimum atomic E-state index is -0.0158. The van der Waals surface area contributed by atoms with E-state index in [0.29, 0.717) is 6.61 Å². The maximum absolute atomic E-state index is 9.27. The molecule has 2 N–H and O–H groups in total. The second-order valence-electron chi connectivity index (χ2n) is 4.49. The maximum Gasteiger partial charge on any atom is 0.0638 e. The number of aryl methyl sites for hydroxylation is 1. The van der Waals surface area contributed by atoms with E-state index in [0.717, 1.165) is 18.5 Å². The number of aliphatic hydroxyl groups is 1. The standard InChI is InChI=1S/C13H20N2O2/c1-17-9-11(8-16)15-12-6-2-4-10-5-3-7-14-13(10)12/h3,5,7,11-12,15-16H,2,4,6,8-9H2,1H3. The lowest BCUT2D eigenvalue weighted by Crippen LogP contribution is -2.40. The molecule has 1 aromatic heterocycles. The summed E-state index contributed by atoms with van der Waals surface area (Å²) in [5, 5.41) is 12.7. The number of pyridine rings is 1. The average molecular weight is 236 g/mol. The summed E-state index contributed by atoms with van der Waals surface area (Å²) in [5.41, 5.74) is 2.46. The average Bonchev–Trinajstić information content (AvgIpc) is 2.38. The molecule has 0 amide bonds. The van der Waals surface area contributed by atoms with Crippen molar-refractivity contribution in [2.75, 3.05) is 20.3 Å². The van der Waals surface area contributed by atoms with Crippen molar-refractivity contribution in [3.8, 4) is 0 Å². The van der Waals surface area contributed by atoms with Gasteiger partial charge in [0.1, 0.15) is 0 Å². The van der Waals surface area contributed by atoms with Crippen LogP contribution in [0.3, 0.4) is 0 Å². The van der Waals surface area contributed by atoms with Crippen molar-refractivity contribution in [3.63, 3.8) is 0 Å². The smallest absolute Gasteiger partial charge is 0.0638 e. The van der Waals surface area contributed by atoms with Crippen LogP contribution in [0.2, 0.25) is 0 Å². The number of hydrogen-bond acceptors (Lipinski definition) is 4. The van der Waals surface area contributed by atoms with Crippen LogP contribution in [0, 0.1) is 0 Å². The molecule has 1 aromatic rings. The van der Waals surface area contributed by atoms with Crippen LogP contribution in [0.4, 0.5) is 0 Å². The number of rotatable bonds is 5. The molecule has 0 spiro atoms. The van der Waals surface area contributed by atoms with E-state index in [4.69, 9.17) is 4.74 Å². The Morgan fingerprint density at radius 1 is 1.65 bits per heavy atom. The third-order valence-electron chi connectivity index (χ3n) is 3.22. The highest BCUT2D eigenvalue weighted by Crippen LogP contribution is 2.27. The van der Waals surface area contributed by atoms with Gasteiger partial charge in [0.05, 0.1) is 31.0 Å². The van der Waals surface area contributed by atoms with Gasteiger partial charge in [-0.2, -0.15) is 0 Å². The Kier molecular flexibility index (Phi) is 4.48. The summed E-state index contributed by atoms with van der Waals surface area (Å²) in [5.74, 6) is 0. The van der Waals surface area contributed by atoms with Gasteiger partial charge >= 0.3 is 0 Å². The Hall–Kier alpha value is -0.970. The SMILES string of the molecule is COCC(CO)NC1CCCc2cccnc21. The first-order chi connectivity index (χ1) is 8.35. The molecule has 4 heteroatoms. The number of methoxy groups -OCH3 is 1. The normalized spacial score (nSPS) is 20.9. The van der Waals surface area contributed by atoms with Gasteiger partial charge < -0.3 is 15.2 Å². The van der Waals surface area contributed by atoms with Crippen molar-refractivity contribution >= 4 is 0 Å². The molecule has 0 aliphatic heterocycles. The van der Waals surface area contributed by atoms with E-state index in [1.807, 2.05) is 12.3 Å². The number of nitrogens with zero attached hydrogens (tertiary/aromatic N) is 1. The molecule has 94 valence electrons. The second-order valence-corrected chi connectivity index (χ2v) is 4.49. The van der Waals surface area contributed by atoms with Gasteiger partial charge in [-0.1, -0.05) is 6.07 Å². The van der Waals surface area contributed by atoms with Crippen molar-refractivity contribution < 1.29 is 9.84 Å². The molecule has 2 unspecified atom stereocenters. The third kappa shape index (κ3) is 3.03. The van der Waals surface area contributed by atoms with Crippen LogP contribution in [0.1, 0.15) is 30.1 Å². The van der Waals surface area contributed by atoms with Crippen molar-refractivity contribution in [3.05, 3.63) is 29.6 Å². The molecule has 0 aromatic carbocycles. The molecule has 1 aliphatic carbocycles. The molecular formula is C13H20N2O2. The number of fused-ring (bicyclic) bond motifs is 1. The molecule has 4 nitrogen and oxygen atoms in total. The monoisotopic (exact) mass is 236 g/mol. The van der Waals surface area contributed by atoms with Crippen LogP contribution in [0.5, 0.6) is 0 Å². The predicted octanol–water partition coefficient (Wildman–Crippen LogP) is 1.06. The molecule has 0 radical (unpaired) electrons. The Morgan fingerprint density at radius 3 is 3.29 bits per heavy atom. The van der Waals surface area contributed by atoms with Gasteiger partial charge in [0.15, 0.2) is 0 Å². The zero-order valence-corrected chi connectivity index (χ0v) is 10.2. The largest absolute Gasteiger partial charge is 0.395 e. The van der Waals surface area contributed by atoms with Crippen LogP contribution in [0.15, 0.2) is 18.3 Å². The summed E-state index contributed by atoms with van der Waals surface area (Å²) < 4.78 is 5.08. The number of hydrogen-bond donors (Lipinski definition) is 2. The molecule has 2 rings (SSSR count). The van der Waals surface area contributed by atoms with E-state index < -0.39 is 0 Å². The van der Waals surface area contributed by atoms with Crippen LogP contribution in [0.25, 0.3) is 0 Å². The number of ether oxygens (including phenoxy) is 1. The Balaban J connectivity index is 2.07. The predicted molar refractivity (Wildman–Crippen MR) is 65.8 cm³/mol. The lowest BCUT2D eigenvalue weighted by molar-refractivity contribution is 0.120. The molecule has 0 saturated heterocycles. The summed E-state index contributed by atoms with van der Waals surface area (Å²) in [6.07, 6.45) is 5.18. The van der Waals surface area contributed by atoms with E-state index in [2.05, 4.69) is 16.4 Å². The topological polar surface area (TPSA) is 54.4 Å². The molecule has 2 atom stereocenters. The maximum atomic E-state index is 9.27. The van der Waals surface area contributed by atoms with E-state index in [9.17, 15) is 5.11 Å². The molecule has 1 heterocycles. The first kappa shape index (κ1) is 12.5. The lowest BCUT2D eigenvalue weighted by Gasteiger charge is -2.28. The zero-order chi connectivity index (χ0) is 12.1. The minimum absolute atomic E-state index is 0.0158. The second kappa shape index (κ2) is 6.10. The Morgan fingerprint density at radius 2 is 2.53 bits per heavy atom. The van der Waals surface area contributed by atoms with Crippen molar-refractivity contribution in [2.45, 2.75) is 31.3 Å². The molecule has 1 aliphatic rings. The molecule has 0 saturated carbocycles. The highest BCUT2D eigenvalue weighted by molar-refractivity contribution is 5.25. The first-order valence-electron chi connectivity index (χ1n) is 6.14. The van der Waals surface area contributed by atoms with Crippen LogP contribution >= 0.6 is 0 Å².